The molecule has 0 bridgehead atoms. The van der Waals surface area contributed by atoms with Gasteiger partial charge in [-0.1, -0.05) is 12.8 Å². The lowest BCUT2D eigenvalue weighted by Gasteiger charge is -2.21. The van der Waals surface area contributed by atoms with E-state index in [0.717, 1.165) is 43.7 Å². The fourth-order valence-electron chi connectivity index (χ4n) is 2.45. The van der Waals surface area contributed by atoms with Crippen molar-refractivity contribution in [2.75, 3.05) is 19.3 Å². The molecule has 0 saturated carbocycles. The van der Waals surface area contributed by atoms with Gasteiger partial charge in [-0.15, -0.1) is 11.8 Å². The zero-order valence-corrected chi connectivity index (χ0v) is 14.2. The molecule has 1 aliphatic rings. The second-order valence-corrected chi connectivity index (χ2v) is 8.42. The first kappa shape index (κ1) is 16.6. The predicted molar refractivity (Wildman–Crippen MR) is 85.6 cm³/mol. The van der Waals surface area contributed by atoms with Gasteiger partial charge in [-0.3, -0.25) is 4.79 Å². The van der Waals surface area contributed by atoms with E-state index in [1.807, 2.05) is 11.2 Å². The van der Waals surface area contributed by atoms with Crippen LogP contribution in [-0.4, -0.2) is 38.6 Å². The molecule has 7 heteroatoms. The third kappa shape index (κ3) is 4.14. The average Bonchev–Trinajstić information content (AvgIpc) is 2.74. The Morgan fingerprint density at radius 3 is 2.33 bits per heavy atom. The van der Waals surface area contributed by atoms with Crippen molar-refractivity contribution >= 4 is 37.4 Å². The molecule has 2 rings (SSSR count). The van der Waals surface area contributed by atoms with Crippen molar-refractivity contribution < 1.29 is 13.2 Å². The number of nitrogens with zero attached hydrogens (tertiary/aromatic N) is 1. The van der Waals surface area contributed by atoms with Crippen LogP contribution in [0.2, 0.25) is 0 Å². The number of amides is 1. The first-order chi connectivity index (χ1) is 9.93. The van der Waals surface area contributed by atoms with Crippen LogP contribution in [0.15, 0.2) is 28.0 Å². The number of rotatable bonds is 3. The van der Waals surface area contributed by atoms with Gasteiger partial charge >= 0.3 is 0 Å². The monoisotopic (exact) mass is 347 g/mol. The Morgan fingerprint density at radius 2 is 1.81 bits per heavy atom. The van der Waals surface area contributed by atoms with Gasteiger partial charge in [0, 0.05) is 28.7 Å². The summed E-state index contributed by atoms with van der Waals surface area (Å²) in [6.45, 7) is 1.45. The van der Waals surface area contributed by atoms with E-state index in [2.05, 4.69) is 0 Å². The van der Waals surface area contributed by atoms with Crippen molar-refractivity contribution in [1.82, 2.24) is 4.90 Å². The van der Waals surface area contributed by atoms with Crippen molar-refractivity contribution in [3.05, 3.63) is 23.8 Å². The molecule has 1 amide bonds. The summed E-state index contributed by atoms with van der Waals surface area (Å²) in [5.41, 5.74) is 0.422. The highest BCUT2D eigenvalue weighted by Gasteiger charge is 2.22. The molecule has 1 heterocycles. The van der Waals surface area contributed by atoms with E-state index in [1.165, 1.54) is 23.9 Å². The van der Waals surface area contributed by atoms with Crippen molar-refractivity contribution in [3.8, 4) is 0 Å². The van der Waals surface area contributed by atoms with Gasteiger partial charge in [0.2, 0.25) is 0 Å². The zero-order valence-electron chi connectivity index (χ0n) is 11.8. The van der Waals surface area contributed by atoms with Gasteiger partial charge in [-0.2, -0.15) is 0 Å². The lowest BCUT2D eigenvalue weighted by molar-refractivity contribution is 0.0758. The van der Waals surface area contributed by atoms with Gasteiger partial charge in [-0.05, 0) is 37.3 Å². The van der Waals surface area contributed by atoms with Gasteiger partial charge in [0.15, 0.2) is 0 Å². The van der Waals surface area contributed by atoms with E-state index in [1.54, 1.807) is 6.07 Å². The molecule has 1 aliphatic heterocycles. The smallest absolute Gasteiger partial charge is 0.261 e. The van der Waals surface area contributed by atoms with Gasteiger partial charge < -0.3 is 4.90 Å². The minimum absolute atomic E-state index is 0.0276. The molecule has 0 aliphatic carbocycles. The van der Waals surface area contributed by atoms with Crippen LogP contribution < -0.4 is 0 Å². The summed E-state index contributed by atoms with van der Waals surface area (Å²) in [6, 6.07) is 4.47. The molecule has 1 aromatic carbocycles. The Hall–Kier alpha value is -0.720. The normalized spacial score (nSPS) is 16.6. The van der Waals surface area contributed by atoms with Gasteiger partial charge in [0.1, 0.15) is 0 Å². The molecular weight excluding hydrogens is 330 g/mol. The van der Waals surface area contributed by atoms with Crippen LogP contribution in [-0.2, 0) is 9.05 Å². The van der Waals surface area contributed by atoms with E-state index in [0.29, 0.717) is 5.56 Å². The van der Waals surface area contributed by atoms with Crippen LogP contribution in [0.4, 0.5) is 0 Å². The summed E-state index contributed by atoms with van der Waals surface area (Å²) in [6.07, 6.45) is 6.12. The molecule has 1 fully saturated rings. The molecule has 21 heavy (non-hydrogen) atoms. The third-order valence-corrected chi connectivity index (χ3v) is 5.72. The van der Waals surface area contributed by atoms with Crippen molar-refractivity contribution in [2.24, 2.45) is 0 Å². The Labute approximate surface area is 134 Å². The third-order valence-electron chi connectivity index (χ3n) is 3.58. The van der Waals surface area contributed by atoms with E-state index >= 15 is 0 Å². The van der Waals surface area contributed by atoms with Gasteiger partial charge in [0.25, 0.3) is 15.0 Å². The molecule has 0 unspecified atom stereocenters. The zero-order chi connectivity index (χ0) is 15.5. The molecule has 116 valence electrons. The first-order valence-corrected chi connectivity index (χ1v) is 10.4. The molecule has 0 radical (unpaired) electrons. The molecule has 4 nitrogen and oxygen atoms in total. The molecule has 0 atom stereocenters. The lowest BCUT2D eigenvalue weighted by Crippen LogP contribution is -2.32. The SMILES string of the molecule is CSc1ccc(S(=O)(=O)Cl)cc1C(=O)N1CCCCCC1. The summed E-state index contributed by atoms with van der Waals surface area (Å²) in [4.78, 5) is 15.2. The average molecular weight is 348 g/mol. The number of hydrogen-bond donors (Lipinski definition) is 0. The summed E-state index contributed by atoms with van der Waals surface area (Å²) < 4.78 is 22.9. The maximum absolute atomic E-state index is 12.7. The quantitative estimate of drug-likeness (QED) is 0.621. The minimum atomic E-state index is -3.83. The van der Waals surface area contributed by atoms with Crippen molar-refractivity contribution in [1.29, 1.82) is 0 Å². The fraction of sp³-hybridized carbons (Fsp3) is 0.500. The van der Waals surface area contributed by atoms with E-state index in [-0.39, 0.29) is 10.8 Å². The standard InChI is InChI=1S/C14H18ClNO3S2/c1-20-13-7-6-11(21(15,18)19)10-12(13)14(17)16-8-4-2-3-5-9-16/h6-7,10H,2-5,8-9H2,1H3. The summed E-state index contributed by atoms with van der Waals surface area (Å²) >= 11 is 1.43. The second kappa shape index (κ2) is 7.03. The van der Waals surface area contributed by atoms with Crippen LogP contribution >= 0.6 is 22.4 Å². The summed E-state index contributed by atoms with van der Waals surface area (Å²) in [5, 5.41) is 0. The van der Waals surface area contributed by atoms with Crippen LogP contribution in [0.25, 0.3) is 0 Å². The lowest BCUT2D eigenvalue weighted by atomic mass is 10.2. The molecular formula is C14H18ClNO3S2. The van der Waals surface area contributed by atoms with E-state index < -0.39 is 9.05 Å². The highest BCUT2D eigenvalue weighted by Crippen LogP contribution is 2.27. The van der Waals surface area contributed by atoms with Crippen LogP contribution in [0, 0.1) is 0 Å². The molecule has 0 aromatic heterocycles. The maximum atomic E-state index is 12.7. The van der Waals surface area contributed by atoms with Crippen LogP contribution in [0.3, 0.4) is 0 Å². The predicted octanol–water partition coefficient (Wildman–Crippen LogP) is 3.35. The summed E-state index contributed by atoms with van der Waals surface area (Å²) in [5.74, 6) is -0.108. The molecule has 1 saturated heterocycles. The van der Waals surface area contributed by atoms with Crippen molar-refractivity contribution in [2.45, 2.75) is 35.5 Å². The van der Waals surface area contributed by atoms with Gasteiger partial charge in [0.05, 0.1) is 10.5 Å². The molecule has 0 spiro atoms. The van der Waals surface area contributed by atoms with Gasteiger partial charge in [-0.25, -0.2) is 8.42 Å². The second-order valence-electron chi connectivity index (χ2n) is 5.01. The Bertz CT molecular complexity index is 623. The Morgan fingerprint density at radius 1 is 1.19 bits per heavy atom. The largest absolute Gasteiger partial charge is 0.339 e. The first-order valence-electron chi connectivity index (χ1n) is 6.85. The van der Waals surface area contributed by atoms with E-state index in [9.17, 15) is 13.2 Å². The van der Waals surface area contributed by atoms with E-state index in [4.69, 9.17) is 10.7 Å². The number of carbonyl (C=O) groups is 1. The summed E-state index contributed by atoms with van der Waals surface area (Å²) in [7, 11) is 1.55. The molecule has 0 N–H and O–H groups in total. The number of carbonyl (C=O) groups excluding carboxylic acids is 1. The topological polar surface area (TPSA) is 54.5 Å². The highest BCUT2D eigenvalue weighted by atomic mass is 35.7. The number of likely N-dealkylation sites (tertiary alicyclic amines) is 1. The Kier molecular flexibility index (Phi) is 5.57. The number of thioether (sulfide) groups is 1. The molecule has 1 aromatic rings. The fourth-order valence-corrected chi connectivity index (χ4v) is 3.80. The number of halogens is 1. The number of hydrogen-bond acceptors (Lipinski definition) is 4. The highest BCUT2D eigenvalue weighted by molar-refractivity contribution is 8.13. The van der Waals surface area contributed by atoms with Crippen LogP contribution in [0.5, 0.6) is 0 Å². The van der Waals surface area contributed by atoms with Crippen molar-refractivity contribution in [3.63, 3.8) is 0 Å². The minimum Gasteiger partial charge on any atom is -0.339 e. The maximum Gasteiger partial charge on any atom is 0.261 e. The van der Waals surface area contributed by atoms with Crippen LogP contribution in [0.1, 0.15) is 36.0 Å². The number of benzene rings is 1. The Balaban J connectivity index is 2.38.